The van der Waals surface area contributed by atoms with E-state index in [2.05, 4.69) is 17.6 Å². The van der Waals surface area contributed by atoms with E-state index in [1.807, 2.05) is 111 Å². The number of ether oxygens (including phenoxy) is 2. The molecule has 0 saturated heterocycles. The summed E-state index contributed by atoms with van der Waals surface area (Å²) in [6.07, 6.45) is 0.826. The van der Waals surface area contributed by atoms with E-state index in [1.165, 1.54) is 0 Å². The van der Waals surface area contributed by atoms with Gasteiger partial charge in [0.05, 0.1) is 16.8 Å². The van der Waals surface area contributed by atoms with Gasteiger partial charge in [0.1, 0.15) is 11.5 Å². The number of anilines is 3. The molecular formula is C37H30N2O4. The third-order valence-corrected chi connectivity index (χ3v) is 8.45. The number of hydrogen-bond donors (Lipinski definition) is 2. The molecular weight excluding hydrogens is 536 g/mol. The lowest BCUT2D eigenvalue weighted by Gasteiger charge is -2.38. The maximum absolute atomic E-state index is 13.8. The number of carbonyl (C=O) groups excluding carboxylic acids is 2. The van der Waals surface area contributed by atoms with Crippen molar-refractivity contribution in [1.29, 1.82) is 0 Å². The summed E-state index contributed by atoms with van der Waals surface area (Å²) in [5.74, 6) is 0.426. The first kappa shape index (κ1) is 26.5. The molecule has 2 aliphatic heterocycles. The summed E-state index contributed by atoms with van der Waals surface area (Å²) in [7, 11) is 0. The number of amides is 1. The normalized spacial score (nSPS) is 16.0. The standard InChI is InChI=1S/C37H30N2O4/c1-4-24-12-10-16-26(23(24)3)35(40)39-30-18-11-19-32-34(30)37(28-17-9-8-15-27(28)36(41)43-37)29-21-31(22(2)20-33(29)42-32)38-25-13-6-5-7-14-25/h5-21,38H,4H2,1-3H3,(H,39,40). The zero-order valence-corrected chi connectivity index (χ0v) is 24.2. The van der Waals surface area contributed by atoms with Crippen molar-refractivity contribution >= 4 is 28.9 Å². The molecule has 0 fully saturated rings. The fraction of sp³-hybridized carbons (Fsp3) is 0.135. The van der Waals surface area contributed by atoms with Gasteiger partial charge in [-0.1, -0.05) is 61.5 Å². The van der Waals surface area contributed by atoms with Crippen LogP contribution in [0.4, 0.5) is 17.1 Å². The highest BCUT2D eigenvalue weighted by molar-refractivity contribution is 6.07. The van der Waals surface area contributed by atoms with Crippen LogP contribution >= 0.6 is 0 Å². The van der Waals surface area contributed by atoms with E-state index in [0.29, 0.717) is 45.0 Å². The Labute approximate surface area is 250 Å². The lowest BCUT2D eigenvalue weighted by Crippen LogP contribution is -2.34. The number of carbonyl (C=O) groups is 2. The van der Waals surface area contributed by atoms with Crippen molar-refractivity contribution in [2.45, 2.75) is 32.8 Å². The fourth-order valence-electron chi connectivity index (χ4n) is 6.29. The molecule has 2 aliphatic rings. The first-order valence-corrected chi connectivity index (χ1v) is 14.4. The van der Waals surface area contributed by atoms with Gasteiger partial charge in [-0.3, -0.25) is 4.79 Å². The van der Waals surface area contributed by atoms with Crippen LogP contribution in [0.25, 0.3) is 0 Å². The fourth-order valence-corrected chi connectivity index (χ4v) is 6.29. The molecule has 0 aromatic heterocycles. The SMILES string of the molecule is CCc1cccc(C(=O)Nc2cccc3c2C2(OC(=O)c4ccccc42)c2cc(Nc4ccccc4)c(C)cc2O3)c1C. The molecule has 0 bridgehead atoms. The van der Waals surface area contributed by atoms with Crippen LogP contribution in [0.5, 0.6) is 11.5 Å². The summed E-state index contributed by atoms with van der Waals surface area (Å²) in [4.78, 5) is 27.3. The van der Waals surface area contributed by atoms with Gasteiger partial charge < -0.3 is 20.1 Å². The first-order chi connectivity index (χ1) is 20.9. The Morgan fingerprint density at radius 1 is 0.791 bits per heavy atom. The number of esters is 1. The van der Waals surface area contributed by atoms with Crippen LogP contribution in [-0.2, 0) is 16.8 Å². The quantitative estimate of drug-likeness (QED) is 0.209. The van der Waals surface area contributed by atoms with Crippen molar-refractivity contribution in [2.75, 3.05) is 10.6 Å². The van der Waals surface area contributed by atoms with Crippen molar-refractivity contribution in [1.82, 2.24) is 0 Å². The minimum atomic E-state index is -1.35. The molecule has 1 unspecified atom stereocenters. The van der Waals surface area contributed by atoms with Crippen LogP contribution in [0.2, 0.25) is 0 Å². The number of aryl methyl sites for hydroxylation is 2. The van der Waals surface area contributed by atoms with E-state index >= 15 is 0 Å². The highest BCUT2D eigenvalue weighted by Crippen LogP contribution is 2.59. The molecule has 6 heteroatoms. The van der Waals surface area contributed by atoms with Gasteiger partial charge in [0.2, 0.25) is 0 Å². The Bertz CT molecular complexity index is 1930. The number of rotatable bonds is 5. The van der Waals surface area contributed by atoms with Gasteiger partial charge in [-0.15, -0.1) is 0 Å². The topological polar surface area (TPSA) is 76.7 Å². The Morgan fingerprint density at radius 3 is 2.37 bits per heavy atom. The molecule has 0 saturated carbocycles. The van der Waals surface area contributed by atoms with Gasteiger partial charge in [0.15, 0.2) is 5.60 Å². The molecule has 1 amide bonds. The summed E-state index contributed by atoms with van der Waals surface area (Å²) < 4.78 is 13.0. The number of nitrogens with one attached hydrogen (secondary N) is 2. The van der Waals surface area contributed by atoms with Crippen LogP contribution in [0.15, 0.2) is 103 Å². The van der Waals surface area contributed by atoms with Crippen LogP contribution in [0.3, 0.4) is 0 Å². The molecule has 5 aromatic carbocycles. The second-order valence-corrected chi connectivity index (χ2v) is 10.9. The second kappa shape index (κ2) is 10.2. The van der Waals surface area contributed by atoms with Crippen LogP contribution in [0.1, 0.15) is 61.0 Å². The Kier molecular flexibility index (Phi) is 6.28. The smallest absolute Gasteiger partial charge is 0.340 e. The van der Waals surface area contributed by atoms with Crippen LogP contribution in [-0.4, -0.2) is 11.9 Å². The summed E-state index contributed by atoms with van der Waals surface area (Å²) in [5.41, 5.74) is 6.99. The van der Waals surface area contributed by atoms with E-state index in [9.17, 15) is 9.59 Å². The second-order valence-electron chi connectivity index (χ2n) is 10.9. The first-order valence-electron chi connectivity index (χ1n) is 14.4. The average Bonchev–Trinajstić information content (AvgIpc) is 3.31. The number of fused-ring (bicyclic) bond motifs is 6. The largest absolute Gasteiger partial charge is 0.456 e. The molecule has 2 N–H and O–H groups in total. The molecule has 5 aromatic rings. The van der Waals surface area contributed by atoms with Crippen molar-refractivity contribution in [3.63, 3.8) is 0 Å². The molecule has 212 valence electrons. The van der Waals surface area contributed by atoms with Gasteiger partial charge in [0.25, 0.3) is 5.91 Å². The third kappa shape index (κ3) is 4.17. The lowest BCUT2D eigenvalue weighted by molar-refractivity contribution is 0.0227. The summed E-state index contributed by atoms with van der Waals surface area (Å²) >= 11 is 0. The van der Waals surface area contributed by atoms with E-state index in [1.54, 1.807) is 6.07 Å². The Morgan fingerprint density at radius 2 is 1.56 bits per heavy atom. The van der Waals surface area contributed by atoms with E-state index in [4.69, 9.17) is 9.47 Å². The van der Waals surface area contributed by atoms with Crippen molar-refractivity contribution in [3.05, 3.63) is 148 Å². The zero-order chi connectivity index (χ0) is 29.7. The van der Waals surface area contributed by atoms with Crippen molar-refractivity contribution in [3.8, 4) is 11.5 Å². The number of hydrogen-bond acceptors (Lipinski definition) is 5. The molecule has 1 spiro atoms. The van der Waals surface area contributed by atoms with Crippen LogP contribution < -0.4 is 15.4 Å². The zero-order valence-electron chi connectivity index (χ0n) is 24.2. The molecule has 7 rings (SSSR count). The van der Waals surface area contributed by atoms with Gasteiger partial charge >= 0.3 is 5.97 Å². The highest BCUT2D eigenvalue weighted by atomic mass is 16.6. The van der Waals surface area contributed by atoms with E-state index in [-0.39, 0.29) is 5.91 Å². The Hall–Kier alpha value is -5.36. The van der Waals surface area contributed by atoms with Crippen molar-refractivity contribution < 1.29 is 19.1 Å². The third-order valence-electron chi connectivity index (χ3n) is 8.45. The molecule has 0 aliphatic carbocycles. The predicted octanol–water partition coefficient (Wildman–Crippen LogP) is 8.43. The minimum Gasteiger partial charge on any atom is -0.456 e. The summed E-state index contributed by atoms with van der Waals surface area (Å²) in [6, 6.07) is 32.6. The number of benzene rings is 5. The average molecular weight is 567 g/mol. The summed E-state index contributed by atoms with van der Waals surface area (Å²) in [6.45, 7) is 6.05. The molecule has 6 nitrogen and oxygen atoms in total. The molecule has 43 heavy (non-hydrogen) atoms. The van der Waals surface area contributed by atoms with E-state index in [0.717, 1.165) is 34.5 Å². The molecule has 2 heterocycles. The van der Waals surface area contributed by atoms with Crippen LogP contribution in [0, 0.1) is 13.8 Å². The maximum atomic E-state index is 13.8. The maximum Gasteiger partial charge on any atom is 0.340 e. The van der Waals surface area contributed by atoms with Gasteiger partial charge in [-0.05, 0) is 85.5 Å². The highest BCUT2D eigenvalue weighted by Gasteiger charge is 2.55. The predicted molar refractivity (Wildman–Crippen MR) is 168 cm³/mol. The number of para-hydroxylation sites is 1. The molecule has 0 radical (unpaired) electrons. The Balaban J connectivity index is 1.43. The van der Waals surface area contributed by atoms with Gasteiger partial charge in [0, 0.05) is 28.1 Å². The minimum absolute atomic E-state index is 0.241. The summed E-state index contributed by atoms with van der Waals surface area (Å²) in [5, 5.41) is 6.65. The van der Waals surface area contributed by atoms with Gasteiger partial charge in [-0.2, -0.15) is 0 Å². The lowest BCUT2D eigenvalue weighted by atomic mass is 9.76. The molecule has 1 atom stereocenters. The van der Waals surface area contributed by atoms with Gasteiger partial charge in [-0.25, -0.2) is 4.79 Å². The van der Waals surface area contributed by atoms with E-state index < -0.39 is 11.6 Å². The monoisotopic (exact) mass is 566 g/mol. The van der Waals surface area contributed by atoms with Crippen molar-refractivity contribution in [2.24, 2.45) is 0 Å².